The number of ether oxygens (including phenoxy) is 1. The number of nitrogens with two attached hydrogens (primary N) is 1. The standard InChI is InChI=1S/C15H20N2OS/c1-4-10(3)12-8-11(6-7-14(12)18-5-2)13-9-19-15(16)17-13/h6-10H,4-5H2,1-3H3,(H2,16,17). The second-order valence-electron chi connectivity index (χ2n) is 4.57. The normalized spacial score (nSPS) is 12.4. The molecule has 0 bridgehead atoms. The topological polar surface area (TPSA) is 48.1 Å². The Morgan fingerprint density at radius 2 is 2.16 bits per heavy atom. The molecule has 0 spiro atoms. The minimum absolute atomic E-state index is 0.470. The maximum absolute atomic E-state index is 5.71. The number of anilines is 1. The zero-order valence-corrected chi connectivity index (χ0v) is 12.5. The van der Waals surface area contributed by atoms with Crippen LogP contribution in [0.15, 0.2) is 23.6 Å². The van der Waals surface area contributed by atoms with Gasteiger partial charge < -0.3 is 10.5 Å². The zero-order chi connectivity index (χ0) is 13.8. The molecular formula is C15H20N2OS. The Morgan fingerprint density at radius 1 is 1.37 bits per heavy atom. The Kier molecular flexibility index (Phi) is 4.43. The number of hydrogen-bond donors (Lipinski definition) is 1. The number of aromatic nitrogens is 1. The summed E-state index contributed by atoms with van der Waals surface area (Å²) in [5.74, 6) is 1.45. The van der Waals surface area contributed by atoms with Gasteiger partial charge in [-0.25, -0.2) is 4.98 Å². The second-order valence-corrected chi connectivity index (χ2v) is 5.46. The molecular weight excluding hydrogens is 256 g/mol. The lowest BCUT2D eigenvalue weighted by atomic mass is 9.95. The summed E-state index contributed by atoms with van der Waals surface area (Å²) in [6.07, 6.45) is 1.09. The third kappa shape index (κ3) is 3.07. The van der Waals surface area contributed by atoms with Gasteiger partial charge in [0.05, 0.1) is 12.3 Å². The van der Waals surface area contributed by atoms with Gasteiger partial charge in [-0.2, -0.15) is 0 Å². The average molecular weight is 276 g/mol. The number of nitrogen functional groups attached to an aromatic ring is 1. The van der Waals surface area contributed by atoms with Crippen LogP contribution in [0.3, 0.4) is 0 Å². The van der Waals surface area contributed by atoms with Crippen molar-refractivity contribution in [1.29, 1.82) is 0 Å². The van der Waals surface area contributed by atoms with E-state index in [1.165, 1.54) is 16.9 Å². The van der Waals surface area contributed by atoms with Gasteiger partial charge in [-0.3, -0.25) is 0 Å². The van der Waals surface area contributed by atoms with Crippen LogP contribution in [-0.4, -0.2) is 11.6 Å². The van der Waals surface area contributed by atoms with E-state index < -0.39 is 0 Å². The van der Waals surface area contributed by atoms with Gasteiger partial charge in [0.1, 0.15) is 5.75 Å². The quantitative estimate of drug-likeness (QED) is 0.885. The number of nitrogens with zero attached hydrogens (tertiary/aromatic N) is 1. The minimum Gasteiger partial charge on any atom is -0.494 e. The lowest BCUT2D eigenvalue weighted by Gasteiger charge is -2.16. The summed E-state index contributed by atoms with van der Waals surface area (Å²) < 4.78 is 5.71. The molecule has 1 aromatic heterocycles. The largest absolute Gasteiger partial charge is 0.494 e. The predicted octanol–water partition coefficient (Wildman–Crippen LogP) is 4.30. The summed E-state index contributed by atoms with van der Waals surface area (Å²) in [4.78, 5) is 4.34. The molecule has 0 aliphatic rings. The van der Waals surface area contributed by atoms with Crippen LogP contribution in [0.25, 0.3) is 11.3 Å². The summed E-state index contributed by atoms with van der Waals surface area (Å²) in [7, 11) is 0. The van der Waals surface area contributed by atoms with E-state index >= 15 is 0 Å². The first kappa shape index (κ1) is 13.9. The van der Waals surface area contributed by atoms with Gasteiger partial charge in [-0.1, -0.05) is 13.8 Å². The molecule has 0 saturated carbocycles. The van der Waals surface area contributed by atoms with E-state index in [2.05, 4.69) is 24.9 Å². The highest BCUT2D eigenvalue weighted by atomic mass is 32.1. The second kappa shape index (κ2) is 6.06. The van der Waals surface area contributed by atoms with Gasteiger partial charge in [-0.15, -0.1) is 11.3 Å². The predicted molar refractivity (Wildman–Crippen MR) is 81.8 cm³/mol. The first-order valence-corrected chi connectivity index (χ1v) is 7.51. The highest BCUT2D eigenvalue weighted by Gasteiger charge is 2.13. The number of benzene rings is 1. The van der Waals surface area contributed by atoms with Gasteiger partial charge >= 0.3 is 0 Å². The van der Waals surface area contributed by atoms with Crippen LogP contribution in [0, 0.1) is 0 Å². The number of rotatable bonds is 5. The fraction of sp³-hybridized carbons (Fsp3) is 0.400. The maximum Gasteiger partial charge on any atom is 0.180 e. The molecule has 0 aliphatic heterocycles. The van der Waals surface area contributed by atoms with E-state index in [0.29, 0.717) is 17.7 Å². The van der Waals surface area contributed by atoms with Crippen molar-refractivity contribution in [2.45, 2.75) is 33.1 Å². The molecule has 1 heterocycles. The first-order chi connectivity index (χ1) is 9.15. The molecule has 0 amide bonds. The van der Waals surface area contributed by atoms with E-state index in [-0.39, 0.29) is 0 Å². The summed E-state index contributed by atoms with van der Waals surface area (Å²) in [6.45, 7) is 7.10. The minimum atomic E-state index is 0.470. The summed E-state index contributed by atoms with van der Waals surface area (Å²) >= 11 is 1.47. The first-order valence-electron chi connectivity index (χ1n) is 6.63. The van der Waals surface area contributed by atoms with Crippen molar-refractivity contribution < 1.29 is 4.74 Å². The van der Waals surface area contributed by atoms with Gasteiger partial charge in [-0.05, 0) is 43.0 Å². The van der Waals surface area contributed by atoms with Crippen molar-refractivity contribution in [3.05, 3.63) is 29.1 Å². The van der Waals surface area contributed by atoms with Crippen molar-refractivity contribution in [2.75, 3.05) is 12.3 Å². The third-order valence-corrected chi connectivity index (χ3v) is 3.94. The fourth-order valence-electron chi connectivity index (χ4n) is 2.02. The van der Waals surface area contributed by atoms with Crippen molar-refractivity contribution >= 4 is 16.5 Å². The van der Waals surface area contributed by atoms with Gasteiger partial charge in [0, 0.05) is 10.9 Å². The lowest BCUT2D eigenvalue weighted by molar-refractivity contribution is 0.334. The monoisotopic (exact) mass is 276 g/mol. The molecule has 0 aliphatic carbocycles. The Labute approximate surface area is 118 Å². The van der Waals surface area contributed by atoms with Gasteiger partial charge in [0.15, 0.2) is 5.13 Å². The molecule has 2 aromatic rings. The molecule has 1 atom stereocenters. The molecule has 0 saturated heterocycles. The number of thiazole rings is 1. The van der Waals surface area contributed by atoms with Gasteiger partial charge in [0.2, 0.25) is 0 Å². The van der Waals surface area contributed by atoms with Crippen LogP contribution >= 0.6 is 11.3 Å². The molecule has 0 radical (unpaired) electrons. The van der Waals surface area contributed by atoms with Crippen LogP contribution in [0.1, 0.15) is 38.7 Å². The van der Waals surface area contributed by atoms with Crippen LogP contribution < -0.4 is 10.5 Å². The van der Waals surface area contributed by atoms with Crippen molar-refractivity contribution in [2.24, 2.45) is 0 Å². The summed E-state index contributed by atoms with van der Waals surface area (Å²) in [5, 5.41) is 2.60. The average Bonchev–Trinajstić information content (AvgIpc) is 2.85. The van der Waals surface area contributed by atoms with Crippen LogP contribution in [0.2, 0.25) is 0 Å². The molecule has 4 heteroatoms. The van der Waals surface area contributed by atoms with Crippen LogP contribution in [0.4, 0.5) is 5.13 Å². The molecule has 1 unspecified atom stereocenters. The third-order valence-electron chi connectivity index (χ3n) is 3.27. The Hall–Kier alpha value is -1.55. The molecule has 1 aromatic carbocycles. The maximum atomic E-state index is 5.71. The molecule has 102 valence electrons. The van der Waals surface area contributed by atoms with Crippen molar-refractivity contribution in [1.82, 2.24) is 4.98 Å². The van der Waals surface area contributed by atoms with Crippen molar-refractivity contribution in [3.63, 3.8) is 0 Å². The molecule has 2 N–H and O–H groups in total. The van der Waals surface area contributed by atoms with E-state index in [9.17, 15) is 0 Å². The molecule has 3 nitrogen and oxygen atoms in total. The summed E-state index contributed by atoms with van der Waals surface area (Å²) in [5.41, 5.74) is 8.99. The van der Waals surface area contributed by atoms with E-state index in [1.807, 2.05) is 24.4 Å². The lowest BCUT2D eigenvalue weighted by Crippen LogP contribution is -2.00. The van der Waals surface area contributed by atoms with E-state index in [0.717, 1.165) is 23.4 Å². The van der Waals surface area contributed by atoms with Crippen LogP contribution in [0.5, 0.6) is 5.75 Å². The zero-order valence-electron chi connectivity index (χ0n) is 11.6. The van der Waals surface area contributed by atoms with Crippen LogP contribution in [-0.2, 0) is 0 Å². The highest BCUT2D eigenvalue weighted by molar-refractivity contribution is 7.13. The van der Waals surface area contributed by atoms with E-state index in [4.69, 9.17) is 10.5 Å². The van der Waals surface area contributed by atoms with Gasteiger partial charge in [0.25, 0.3) is 0 Å². The molecule has 0 fully saturated rings. The summed E-state index contributed by atoms with van der Waals surface area (Å²) in [6, 6.07) is 6.26. The van der Waals surface area contributed by atoms with E-state index in [1.54, 1.807) is 0 Å². The smallest absolute Gasteiger partial charge is 0.180 e. The molecule has 2 rings (SSSR count). The fourth-order valence-corrected chi connectivity index (χ4v) is 2.59. The Balaban J connectivity index is 2.42. The Bertz CT molecular complexity index is 551. The Morgan fingerprint density at radius 3 is 2.74 bits per heavy atom. The number of hydrogen-bond acceptors (Lipinski definition) is 4. The van der Waals surface area contributed by atoms with Crippen molar-refractivity contribution in [3.8, 4) is 17.0 Å². The highest BCUT2D eigenvalue weighted by Crippen LogP contribution is 2.33. The molecule has 19 heavy (non-hydrogen) atoms. The SMILES string of the molecule is CCOc1ccc(-c2csc(N)n2)cc1C(C)CC.